The lowest BCUT2D eigenvalue weighted by Crippen LogP contribution is -1.92. The van der Waals surface area contributed by atoms with Crippen LogP contribution in [0.15, 0.2) is 19.4 Å². The average Bonchev–Trinajstić information content (AvgIpc) is 2.34. The highest BCUT2D eigenvalue weighted by atomic mass is 14.8. The van der Waals surface area contributed by atoms with Crippen LogP contribution in [-0.4, -0.2) is 9.97 Å². The van der Waals surface area contributed by atoms with E-state index < -0.39 is 0 Å². The highest BCUT2D eigenvalue weighted by Gasteiger charge is 1.96. The molecule has 2 nitrogen and oxygen atoms in total. The van der Waals surface area contributed by atoms with Gasteiger partial charge in [0.1, 0.15) is 0 Å². The molecule has 0 bridgehead atoms. The summed E-state index contributed by atoms with van der Waals surface area (Å²) in [5.41, 5.74) is 2.47. The predicted octanol–water partition coefficient (Wildman–Crippen LogP) is 4.12. The monoisotopic (exact) mass is 206 g/mol. The quantitative estimate of drug-likeness (QED) is 0.727. The molecule has 2 heteroatoms. The summed E-state index contributed by atoms with van der Waals surface area (Å²) in [6, 6.07) is 0. The molecule has 0 saturated carbocycles. The van der Waals surface area contributed by atoms with Crippen LogP contribution in [0.2, 0.25) is 0 Å². The van der Waals surface area contributed by atoms with Crippen molar-refractivity contribution in [1.82, 2.24) is 9.97 Å². The second kappa shape index (κ2) is 10.6. The number of aryl methyl sites for hydroxylation is 1. The minimum atomic E-state index is 0.783. The summed E-state index contributed by atoms with van der Waals surface area (Å²) in [6.07, 6.45) is 5.06. The summed E-state index contributed by atoms with van der Waals surface area (Å²) in [4.78, 5) is 8.33. The standard InChI is InChI=1S/C9H10N2.2C2H6/c1-4-8-9(5-2)11-7(3)6-10-8;2*1-2/h4-6H,1-2H2,3H3;2*1-2H3. The van der Waals surface area contributed by atoms with Crippen molar-refractivity contribution in [2.24, 2.45) is 0 Å². The molecule has 0 aliphatic heterocycles. The van der Waals surface area contributed by atoms with Crippen molar-refractivity contribution < 1.29 is 0 Å². The summed E-state index contributed by atoms with van der Waals surface area (Å²) in [5.74, 6) is 0. The number of rotatable bonds is 2. The van der Waals surface area contributed by atoms with Crippen LogP contribution in [0.25, 0.3) is 12.2 Å². The van der Waals surface area contributed by atoms with Gasteiger partial charge in [-0.25, -0.2) is 4.98 Å². The molecule has 15 heavy (non-hydrogen) atoms. The molecule has 84 valence electrons. The molecule has 0 radical (unpaired) electrons. The Morgan fingerprint density at radius 2 is 1.47 bits per heavy atom. The molecule has 0 N–H and O–H groups in total. The van der Waals surface area contributed by atoms with Gasteiger partial charge in [-0.3, -0.25) is 4.98 Å². The first-order chi connectivity index (χ1) is 7.27. The molecular formula is C13H22N2. The van der Waals surface area contributed by atoms with Gasteiger partial charge in [0.05, 0.1) is 17.1 Å². The first kappa shape index (κ1) is 16.0. The minimum Gasteiger partial charge on any atom is -0.253 e. The van der Waals surface area contributed by atoms with Crippen LogP contribution in [0.1, 0.15) is 44.8 Å². The molecule has 0 amide bonds. The summed E-state index contributed by atoms with van der Waals surface area (Å²) >= 11 is 0. The lowest BCUT2D eigenvalue weighted by atomic mass is 10.3. The highest BCUT2D eigenvalue weighted by Crippen LogP contribution is 2.05. The van der Waals surface area contributed by atoms with Crippen molar-refractivity contribution in [1.29, 1.82) is 0 Å². The largest absolute Gasteiger partial charge is 0.253 e. The fourth-order valence-electron chi connectivity index (χ4n) is 0.813. The number of nitrogens with zero attached hydrogens (tertiary/aromatic N) is 2. The first-order valence-electron chi connectivity index (χ1n) is 5.36. The third-order valence-electron chi connectivity index (χ3n) is 1.34. The van der Waals surface area contributed by atoms with Gasteiger partial charge in [-0.2, -0.15) is 0 Å². The summed E-state index contributed by atoms with van der Waals surface area (Å²) < 4.78 is 0. The van der Waals surface area contributed by atoms with E-state index in [0.717, 1.165) is 17.1 Å². The van der Waals surface area contributed by atoms with Gasteiger partial charge in [-0.05, 0) is 19.1 Å². The Hall–Kier alpha value is -1.44. The third kappa shape index (κ3) is 5.78. The molecule has 0 aromatic carbocycles. The van der Waals surface area contributed by atoms with Crippen LogP contribution >= 0.6 is 0 Å². The second-order valence-electron chi connectivity index (χ2n) is 2.19. The number of hydrogen-bond acceptors (Lipinski definition) is 2. The van der Waals surface area contributed by atoms with Crippen LogP contribution in [0.5, 0.6) is 0 Å². The van der Waals surface area contributed by atoms with Crippen molar-refractivity contribution in [3.8, 4) is 0 Å². The molecule has 1 aromatic rings. The zero-order valence-electron chi connectivity index (χ0n) is 10.5. The lowest BCUT2D eigenvalue weighted by molar-refractivity contribution is 1.09. The molecular weight excluding hydrogens is 184 g/mol. The molecule has 0 unspecified atom stereocenters. The van der Waals surface area contributed by atoms with Crippen molar-refractivity contribution in [2.75, 3.05) is 0 Å². The third-order valence-corrected chi connectivity index (χ3v) is 1.34. The summed E-state index contributed by atoms with van der Waals surface area (Å²) in [6.45, 7) is 17.1. The molecule has 1 rings (SSSR count). The normalized spacial score (nSPS) is 7.53. The molecule has 0 aliphatic carbocycles. The summed E-state index contributed by atoms with van der Waals surface area (Å²) in [5, 5.41) is 0. The van der Waals surface area contributed by atoms with Gasteiger partial charge in [0.2, 0.25) is 0 Å². The first-order valence-corrected chi connectivity index (χ1v) is 5.36. The SMILES string of the molecule is C=Cc1ncc(C)nc1C=C.CC.CC. The van der Waals surface area contributed by atoms with Gasteiger partial charge in [0.15, 0.2) is 0 Å². The van der Waals surface area contributed by atoms with E-state index in [1.54, 1.807) is 18.3 Å². The molecule has 0 saturated heterocycles. The molecule has 1 aromatic heterocycles. The molecule has 0 spiro atoms. The molecule has 0 fully saturated rings. The van der Waals surface area contributed by atoms with E-state index in [-0.39, 0.29) is 0 Å². The predicted molar refractivity (Wildman–Crippen MR) is 69.6 cm³/mol. The van der Waals surface area contributed by atoms with Crippen LogP contribution in [0.4, 0.5) is 0 Å². The molecule has 0 atom stereocenters. The Bertz CT molecular complexity index is 291. The van der Waals surface area contributed by atoms with Crippen molar-refractivity contribution in [3.05, 3.63) is 36.4 Å². The van der Waals surface area contributed by atoms with Crippen molar-refractivity contribution in [2.45, 2.75) is 34.6 Å². The minimum absolute atomic E-state index is 0.783. The smallest absolute Gasteiger partial charge is 0.0883 e. The van der Waals surface area contributed by atoms with Crippen LogP contribution in [-0.2, 0) is 0 Å². The zero-order valence-corrected chi connectivity index (χ0v) is 10.5. The van der Waals surface area contributed by atoms with E-state index in [2.05, 4.69) is 23.1 Å². The van der Waals surface area contributed by atoms with Crippen molar-refractivity contribution >= 4 is 12.2 Å². The lowest BCUT2D eigenvalue weighted by Gasteiger charge is -1.98. The maximum atomic E-state index is 4.21. The van der Waals surface area contributed by atoms with Crippen LogP contribution in [0.3, 0.4) is 0 Å². The molecule has 0 aliphatic rings. The Morgan fingerprint density at radius 1 is 1.00 bits per heavy atom. The Labute approximate surface area is 93.8 Å². The second-order valence-corrected chi connectivity index (χ2v) is 2.19. The fourth-order valence-corrected chi connectivity index (χ4v) is 0.813. The Morgan fingerprint density at radius 3 is 1.87 bits per heavy atom. The van der Waals surface area contributed by atoms with Crippen molar-refractivity contribution in [3.63, 3.8) is 0 Å². The van der Waals surface area contributed by atoms with Gasteiger partial charge >= 0.3 is 0 Å². The maximum Gasteiger partial charge on any atom is 0.0883 e. The van der Waals surface area contributed by atoms with E-state index in [9.17, 15) is 0 Å². The van der Waals surface area contributed by atoms with Gasteiger partial charge in [-0.15, -0.1) is 0 Å². The van der Waals surface area contributed by atoms with Crippen LogP contribution < -0.4 is 0 Å². The van der Waals surface area contributed by atoms with Gasteiger partial charge in [0.25, 0.3) is 0 Å². The number of hydrogen-bond donors (Lipinski definition) is 0. The molecule has 1 heterocycles. The van der Waals surface area contributed by atoms with Gasteiger partial charge in [-0.1, -0.05) is 40.9 Å². The summed E-state index contributed by atoms with van der Waals surface area (Å²) in [7, 11) is 0. The topological polar surface area (TPSA) is 25.8 Å². The van der Waals surface area contributed by atoms with E-state index in [0.29, 0.717) is 0 Å². The van der Waals surface area contributed by atoms with E-state index in [4.69, 9.17) is 0 Å². The highest BCUT2D eigenvalue weighted by molar-refractivity contribution is 5.56. The fraction of sp³-hybridized carbons (Fsp3) is 0.385. The number of aromatic nitrogens is 2. The van der Waals surface area contributed by atoms with Gasteiger partial charge in [0, 0.05) is 6.20 Å². The average molecular weight is 206 g/mol. The van der Waals surface area contributed by atoms with Gasteiger partial charge < -0.3 is 0 Å². The maximum absolute atomic E-state index is 4.21. The van der Waals surface area contributed by atoms with E-state index in [1.165, 1.54) is 0 Å². The van der Waals surface area contributed by atoms with E-state index in [1.807, 2.05) is 34.6 Å². The Balaban J connectivity index is 0. The van der Waals surface area contributed by atoms with E-state index >= 15 is 0 Å². The Kier molecular flexibility index (Phi) is 11.4. The zero-order chi connectivity index (χ0) is 12.3. The van der Waals surface area contributed by atoms with Crippen LogP contribution in [0, 0.1) is 6.92 Å².